The first kappa shape index (κ1) is 16.9. The Morgan fingerprint density at radius 3 is 2.46 bits per heavy atom. The minimum Gasteiger partial charge on any atom is -0.305 e. The molecular weight excluding hydrogens is 368 g/mol. The molecule has 0 aliphatic rings. The lowest BCUT2D eigenvalue weighted by atomic mass is 10.1. The summed E-state index contributed by atoms with van der Waals surface area (Å²) < 4.78 is 2.61. The molecule has 0 spiro atoms. The molecule has 0 saturated heterocycles. The lowest BCUT2D eigenvalue weighted by Gasteiger charge is -2.10. The van der Waals surface area contributed by atoms with Gasteiger partial charge >= 0.3 is 0 Å². The summed E-state index contributed by atoms with van der Waals surface area (Å²) >= 11 is 3.44. The monoisotopic (exact) mass is 388 g/mol. The molecule has 24 heavy (non-hydrogen) atoms. The highest BCUT2D eigenvalue weighted by Gasteiger charge is 2.17. The van der Waals surface area contributed by atoms with Crippen molar-refractivity contribution < 1.29 is 0 Å². The number of halogens is 1. The second-order valence-electron chi connectivity index (χ2n) is 6.40. The molecule has 0 aliphatic heterocycles. The molecule has 0 aliphatic carbocycles. The third-order valence-electron chi connectivity index (χ3n) is 4.15. The van der Waals surface area contributed by atoms with Gasteiger partial charge in [0.25, 0.3) is 5.56 Å². The molecule has 0 atom stereocenters. The van der Waals surface area contributed by atoms with E-state index in [1.54, 1.807) is 4.52 Å². The van der Waals surface area contributed by atoms with Gasteiger partial charge < -0.3 is 4.90 Å². The first-order valence-corrected chi connectivity index (χ1v) is 8.65. The van der Waals surface area contributed by atoms with Crippen LogP contribution in [0.1, 0.15) is 28.1 Å². The van der Waals surface area contributed by atoms with Crippen molar-refractivity contribution in [2.45, 2.75) is 26.8 Å². The van der Waals surface area contributed by atoms with Gasteiger partial charge in [-0.3, -0.25) is 9.89 Å². The zero-order valence-corrected chi connectivity index (χ0v) is 15.9. The van der Waals surface area contributed by atoms with Crippen LogP contribution in [0.4, 0.5) is 0 Å². The second-order valence-corrected chi connectivity index (χ2v) is 7.31. The standard InChI is InChI=1S/C18H21BrN4O/c1-11-15(9-13-5-7-14(19)8-6-13)18(24)23-17(20-11)16(10-22(3)4)12(2)21-23/h5-8,21H,9-10H2,1-4H3. The molecule has 2 aromatic heterocycles. The van der Waals surface area contributed by atoms with Crippen LogP contribution in [-0.2, 0) is 13.0 Å². The zero-order chi connectivity index (χ0) is 17.4. The van der Waals surface area contributed by atoms with E-state index in [4.69, 9.17) is 4.98 Å². The molecule has 0 radical (unpaired) electrons. The molecule has 0 unspecified atom stereocenters. The number of nitrogens with zero attached hydrogens (tertiary/aromatic N) is 3. The lowest BCUT2D eigenvalue weighted by Crippen LogP contribution is -2.22. The molecule has 3 aromatic rings. The van der Waals surface area contributed by atoms with E-state index in [9.17, 15) is 4.79 Å². The van der Waals surface area contributed by atoms with Gasteiger partial charge in [-0.2, -0.15) is 0 Å². The number of H-pyrrole nitrogens is 1. The largest absolute Gasteiger partial charge is 0.305 e. The fourth-order valence-corrected chi connectivity index (χ4v) is 3.15. The fraction of sp³-hybridized carbons (Fsp3) is 0.333. The number of hydrogen-bond acceptors (Lipinski definition) is 3. The molecule has 1 aromatic carbocycles. The summed E-state index contributed by atoms with van der Waals surface area (Å²) in [7, 11) is 4.02. The van der Waals surface area contributed by atoms with E-state index >= 15 is 0 Å². The number of aromatic nitrogens is 3. The van der Waals surface area contributed by atoms with Crippen molar-refractivity contribution in [3.8, 4) is 0 Å². The molecule has 0 amide bonds. The Morgan fingerprint density at radius 2 is 1.83 bits per heavy atom. The first-order valence-electron chi connectivity index (χ1n) is 7.85. The Kier molecular flexibility index (Phi) is 4.60. The van der Waals surface area contributed by atoms with Crippen LogP contribution in [0, 0.1) is 13.8 Å². The van der Waals surface area contributed by atoms with Crippen molar-refractivity contribution >= 4 is 21.6 Å². The molecular formula is C18H21BrN4O. The summed E-state index contributed by atoms with van der Waals surface area (Å²) in [5, 5.41) is 3.17. The van der Waals surface area contributed by atoms with Crippen LogP contribution in [0.2, 0.25) is 0 Å². The molecule has 5 nitrogen and oxygen atoms in total. The Hall–Kier alpha value is -1.92. The third kappa shape index (κ3) is 3.16. The van der Waals surface area contributed by atoms with Crippen molar-refractivity contribution in [1.82, 2.24) is 19.5 Å². The van der Waals surface area contributed by atoms with Crippen molar-refractivity contribution in [3.05, 3.63) is 67.2 Å². The minimum atomic E-state index is -0.0199. The van der Waals surface area contributed by atoms with E-state index < -0.39 is 0 Å². The van der Waals surface area contributed by atoms with E-state index in [1.807, 2.05) is 52.2 Å². The molecule has 0 fully saturated rings. The summed E-state index contributed by atoms with van der Waals surface area (Å²) in [6.45, 7) is 4.64. The van der Waals surface area contributed by atoms with Gasteiger partial charge in [0.05, 0.1) is 0 Å². The van der Waals surface area contributed by atoms with Gasteiger partial charge in [-0.05, 0) is 45.6 Å². The van der Waals surface area contributed by atoms with E-state index in [0.717, 1.165) is 44.7 Å². The topological polar surface area (TPSA) is 53.4 Å². The van der Waals surface area contributed by atoms with Gasteiger partial charge in [0, 0.05) is 40.0 Å². The highest BCUT2D eigenvalue weighted by molar-refractivity contribution is 9.10. The van der Waals surface area contributed by atoms with Gasteiger partial charge in [0.1, 0.15) is 0 Å². The molecule has 2 heterocycles. The van der Waals surface area contributed by atoms with Crippen LogP contribution in [0.25, 0.3) is 5.65 Å². The highest BCUT2D eigenvalue weighted by Crippen LogP contribution is 2.17. The number of aryl methyl sites for hydroxylation is 2. The summed E-state index contributed by atoms with van der Waals surface area (Å²) in [6.07, 6.45) is 0.578. The number of rotatable bonds is 4. The smallest absolute Gasteiger partial charge is 0.276 e. The van der Waals surface area contributed by atoms with Gasteiger partial charge in [0.15, 0.2) is 5.65 Å². The zero-order valence-electron chi connectivity index (χ0n) is 14.4. The maximum absolute atomic E-state index is 12.9. The first-order chi connectivity index (χ1) is 11.4. The van der Waals surface area contributed by atoms with Crippen LogP contribution in [-0.4, -0.2) is 33.6 Å². The molecule has 6 heteroatoms. The molecule has 1 N–H and O–H groups in total. The van der Waals surface area contributed by atoms with Crippen molar-refractivity contribution in [2.24, 2.45) is 0 Å². The van der Waals surface area contributed by atoms with Gasteiger partial charge in [0.2, 0.25) is 0 Å². The SMILES string of the molecule is Cc1nc2c(CN(C)C)c(C)[nH]n2c(=O)c1Cc1ccc(Br)cc1. The Balaban J connectivity index is 2.10. The fourth-order valence-electron chi connectivity index (χ4n) is 2.89. The van der Waals surface area contributed by atoms with Gasteiger partial charge in [-0.15, -0.1) is 0 Å². The van der Waals surface area contributed by atoms with Gasteiger partial charge in [-0.1, -0.05) is 28.1 Å². The number of aromatic amines is 1. The normalized spacial score (nSPS) is 11.6. The number of benzene rings is 1. The maximum Gasteiger partial charge on any atom is 0.276 e. The summed E-state index contributed by atoms with van der Waals surface area (Å²) in [4.78, 5) is 19.7. The molecule has 126 valence electrons. The summed E-state index contributed by atoms with van der Waals surface area (Å²) in [5.74, 6) is 0. The molecule has 0 saturated carbocycles. The van der Waals surface area contributed by atoms with E-state index in [-0.39, 0.29) is 5.56 Å². The number of hydrogen-bond donors (Lipinski definition) is 1. The second kappa shape index (κ2) is 6.53. The predicted octanol–water partition coefficient (Wildman–Crippen LogP) is 3.05. The van der Waals surface area contributed by atoms with E-state index in [0.29, 0.717) is 6.42 Å². The van der Waals surface area contributed by atoms with Crippen LogP contribution in [0.5, 0.6) is 0 Å². The quantitative estimate of drug-likeness (QED) is 0.746. The number of nitrogens with one attached hydrogen (secondary N) is 1. The van der Waals surface area contributed by atoms with Crippen LogP contribution in [0.15, 0.2) is 33.5 Å². The van der Waals surface area contributed by atoms with Crippen LogP contribution in [0.3, 0.4) is 0 Å². The van der Waals surface area contributed by atoms with E-state index in [2.05, 4.69) is 25.9 Å². The minimum absolute atomic E-state index is 0.0199. The predicted molar refractivity (Wildman–Crippen MR) is 99.6 cm³/mol. The van der Waals surface area contributed by atoms with Crippen LogP contribution < -0.4 is 5.56 Å². The lowest BCUT2D eigenvalue weighted by molar-refractivity contribution is 0.402. The Morgan fingerprint density at radius 1 is 1.17 bits per heavy atom. The third-order valence-corrected chi connectivity index (χ3v) is 4.68. The summed E-state index contributed by atoms with van der Waals surface area (Å²) in [5.41, 5.74) is 5.37. The summed E-state index contributed by atoms with van der Waals surface area (Å²) in [6, 6.07) is 8.02. The van der Waals surface area contributed by atoms with Gasteiger partial charge in [-0.25, -0.2) is 9.50 Å². The maximum atomic E-state index is 12.9. The van der Waals surface area contributed by atoms with Crippen molar-refractivity contribution in [2.75, 3.05) is 14.1 Å². The molecule has 0 bridgehead atoms. The Labute approximate surface area is 149 Å². The van der Waals surface area contributed by atoms with Crippen molar-refractivity contribution in [1.29, 1.82) is 0 Å². The highest BCUT2D eigenvalue weighted by atomic mass is 79.9. The van der Waals surface area contributed by atoms with Crippen molar-refractivity contribution in [3.63, 3.8) is 0 Å². The average Bonchev–Trinajstić information content (AvgIpc) is 2.82. The average molecular weight is 389 g/mol. The molecule has 3 rings (SSSR count). The number of fused-ring (bicyclic) bond motifs is 1. The Bertz CT molecular complexity index is 938. The van der Waals surface area contributed by atoms with Crippen LogP contribution >= 0.6 is 15.9 Å². The van der Waals surface area contributed by atoms with E-state index in [1.165, 1.54) is 0 Å².